The Morgan fingerprint density at radius 2 is 1.84 bits per heavy atom. The number of anilines is 1. The van der Waals surface area contributed by atoms with Crippen molar-refractivity contribution in [3.8, 4) is 10.4 Å². The van der Waals surface area contributed by atoms with E-state index in [0.717, 1.165) is 31.1 Å². The van der Waals surface area contributed by atoms with Gasteiger partial charge in [-0.2, -0.15) is 0 Å². The first kappa shape index (κ1) is 19.8. The summed E-state index contributed by atoms with van der Waals surface area (Å²) in [6.45, 7) is -2.03. The van der Waals surface area contributed by atoms with E-state index in [1.807, 2.05) is 45.3 Å². The van der Waals surface area contributed by atoms with E-state index in [2.05, 4.69) is 35.2 Å². The third kappa shape index (κ3) is 3.29. The Hall–Kier alpha value is -3.19. The fraction of sp³-hybridized carbons (Fsp3) is 0.125. The zero-order chi connectivity index (χ0) is 21.8. The largest absolute Gasteiger partial charge is 0.737 e. The van der Waals surface area contributed by atoms with Gasteiger partial charge < -0.3 is 22.5 Å². The first-order valence-electron chi connectivity index (χ1n) is 10.2. The van der Waals surface area contributed by atoms with Gasteiger partial charge in [-0.15, -0.1) is 11.3 Å². The summed E-state index contributed by atoms with van der Waals surface area (Å²) >= 11 is 1.65. The van der Waals surface area contributed by atoms with Crippen molar-refractivity contribution in [2.24, 2.45) is 0 Å². The topological polar surface area (TPSA) is 11.2 Å². The molecular weight excluding hydrogens is 411 g/mol. The lowest BCUT2D eigenvalue weighted by Gasteiger charge is -2.29. The van der Waals surface area contributed by atoms with Crippen molar-refractivity contribution < 1.29 is 13.1 Å². The van der Waals surface area contributed by atoms with E-state index < -0.39 is 6.97 Å². The summed E-state index contributed by atoms with van der Waals surface area (Å²) < 4.78 is 32.8. The molecule has 156 valence electrons. The fourth-order valence-corrected chi connectivity index (χ4v) is 5.03. The predicted octanol–water partition coefficient (Wildman–Crippen LogP) is 5.99. The summed E-state index contributed by atoms with van der Waals surface area (Å²) in [7, 11) is 4.04. The fourth-order valence-electron chi connectivity index (χ4n) is 4.12. The van der Waals surface area contributed by atoms with Crippen molar-refractivity contribution in [2.75, 3.05) is 19.0 Å². The molecule has 0 atom stereocenters. The number of fused-ring (bicyclic) bond motifs is 2. The Balaban J connectivity index is 1.45. The molecule has 2 aromatic heterocycles. The number of hydrogen-bond donors (Lipinski definition) is 0. The van der Waals surface area contributed by atoms with Crippen LogP contribution >= 0.6 is 11.3 Å². The summed E-state index contributed by atoms with van der Waals surface area (Å²) in [5.74, 6) is 0. The van der Waals surface area contributed by atoms with Gasteiger partial charge in [0.1, 0.15) is 6.21 Å². The molecule has 0 saturated heterocycles. The summed E-state index contributed by atoms with van der Waals surface area (Å²) in [5.41, 5.74) is 4.77. The maximum absolute atomic E-state index is 15.3. The van der Waals surface area contributed by atoms with E-state index in [0.29, 0.717) is 17.1 Å². The monoisotopic (exact) mass is 433 g/mol. The van der Waals surface area contributed by atoms with Crippen LogP contribution < -0.4 is 4.90 Å². The van der Waals surface area contributed by atoms with Crippen molar-refractivity contribution in [1.82, 2.24) is 4.48 Å². The van der Waals surface area contributed by atoms with Crippen LogP contribution in [0.4, 0.5) is 14.3 Å². The van der Waals surface area contributed by atoms with Gasteiger partial charge in [-0.25, -0.2) is 0 Å². The molecule has 0 aliphatic carbocycles. The third-order valence-electron chi connectivity index (χ3n) is 5.76. The molecule has 5 rings (SSSR count). The molecule has 7 heteroatoms. The highest BCUT2D eigenvalue weighted by Crippen LogP contribution is 2.35. The molecule has 0 saturated carbocycles. The van der Waals surface area contributed by atoms with Gasteiger partial charge in [0.05, 0.1) is 0 Å². The second-order valence-corrected chi connectivity index (χ2v) is 9.17. The Kier molecular flexibility index (Phi) is 4.59. The lowest BCUT2D eigenvalue weighted by molar-refractivity contribution is -0.355. The van der Waals surface area contributed by atoms with Crippen LogP contribution in [0.25, 0.3) is 28.7 Å². The molecule has 31 heavy (non-hydrogen) atoms. The standard InChI is InChI=1S/C24H22BF2N3S/c1-17-15-21(30-23(17)16-20-5-4-14-29(20)25(30,26)27)10-11-22-12-13-24(31-22)18-6-8-19(9-7-18)28(2)3/h4-16H,1-3H3/b11-10+. The Bertz CT molecular complexity index is 1290. The number of halogens is 2. The van der Waals surface area contributed by atoms with Crippen molar-refractivity contribution >= 4 is 48.4 Å². The van der Waals surface area contributed by atoms with Gasteiger partial charge in [-0.1, -0.05) is 12.1 Å². The zero-order valence-electron chi connectivity index (χ0n) is 17.6. The Morgan fingerprint density at radius 3 is 2.58 bits per heavy atom. The van der Waals surface area contributed by atoms with Crippen LogP contribution in [-0.2, 0) is 0 Å². The molecule has 0 amide bonds. The lowest BCUT2D eigenvalue weighted by atomic mass is 9.91. The molecule has 0 unspecified atom stereocenters. The van der Waals surface area contributed by atoms with E-state index in [4.69, 9.17) is 0 Å². The number of allylic oxidation sites excluding steroid dienone is 2. The second kappa shape index (κ2) is 7.20. The SMILES string of the molecule is Cc1cc(/C=C/c2ccc(-c3ccc(N(C)C)cc3)s2)n2c1C=C1C=CC=[N+]1[B-]2(F)F. The van der Waals surface area contributed by atoms with Gasteiger partial charge in [-0.05, 0) is 60.5 Å². The smallest absolute Gasteiger partial charge is 0.390 e. The van der Waals surface area contributed by atoms with E-state index >= 15 is 8.63 Å². The molecule has 4 heterocycles. The van der Waals surface area contributed by atoms with Gasteiger partial charge in [-0.3, -0.25) is 0 Å². The third-order valence-corrected chi connectivity index (χ3v) is 6.86. The summed E-state index contributed by atoms with van der Waals surface area (Å²) in [6.07, 6.45) is 10.4. The molecule has 0 radical (unpaired) electrons. The summed E-state index contributed by atoms with van der Waals surface area (Å²) in [6, 6.07) is 14.3. The number of aromatic nitrogens is 1. The zero-order valence-corrected chi connectivity index (χ0v) is 18.4. The van der Waals surface area contributed by atoms with Crippen LogP contribution in [-0.4, -0.2) is 36.2 Å². The normalized spacial score (nSPS) is 16.3. The summed E-state index contributed by atoms with van der Waals surface area (Å²) in [5, 5.41) is 0. The number of aryl methyl sites for hydroxylation is 1. The molecule has 2 aliphatic heterocycles. The molecule has 0 fully saturated rings. The van der Waals surface area contributed by atoms with Crippen molar-refractivity contribution in [1.29, 1.82) is 0 Å². The first-order chi connectivity index (χ1) is 14.8. The second-order valence-electron chi connectivity index (χ2n) is 8.06. The molecule has 0 spiro atoms. The van der Waals surface area contributed by atoms with Gasteiger partial charge in [0, 0.05) is 59.2 Å². The van der Waals surface area contributed by atoms with Crippen LogP contribution in [0.5, 0.6) is 0 Å². The molecule has 0 N–H and O–H groups in total. The van der Waals surface area contributed by atoms with Gasteiger partial charge >= 0.3 is 6.97 Å². The number of thiophene rings is 1. The minimum absolute atomic E-state index is 0.512. The minimum Gasteiger partial charge on any atom is -0.390 e. The maximum atomic E-state index is 15.3. The highest BCUT2D eigenvalue weighted by Gasteiger charge is 2.50. The highest BCUT2D eigenvalue weighted by molar-refractivity contribution is 7.16. The van der Waals surface area contributed by atoms with Crippen molar-refractivity contribution in [2.45, 2.75) is 6.92 Å². The van der Waals surface area contributed by atoms with Crippen LogP contribution in [0.15, 0.2) is 60.3 Å². The van der Waals surface area contributed by atoms with Crippen LogP contribution in [0.3, 0.4) is 0 Å². The molecule has 0 bridgehead atoms. The van der Waals surface area contributed by atoms with E-state index in [1.54, 1.807) is 29.6 Å². The summed E-state index contributed by atoms with van der Waals surface area (Å²) in [4.78, 5) is 4.24. The number of nitrogens with zero attached hydrogens (tertiary/aromatic N) is 3. The van der Waals surface area contributed by atoms with Crippen LogP contribution in [0, 0.1) is 6.92 Å². The number of rotatable bonds is 4. The van der Waals surface area contributed by atoms with Gasteiger partial charge in [0.2, 0.25) is 0 Å². The molecule has 3 nitrogen and oxygen atoms in total. The number of hydrogen-bond acceptors (Lipinski definition) is 2. The molecular formula is C24H22BF2N3S. The lowest BCUT2D eigenvalue weighted by Crippen LogP contribution is -2.49. The first-order valence-corrected chi connectivity index (χ1v) is 11.0. The molecule has 3 aromatic rings. The van der Waals surface area contributed by atoms with E-state index in [1.165, 1.54) is 10.7 Å². The molecule has 2 aliphatic rings. The predicted molar refractivity (Wildman–Crippen MR) is 129 cm³/mol. The Morgan fingerprint density at radius 1 is 1.06 bits per heavy atom. The van der Waals surface area contributed by atoms with Gasteiger partial charge in [0.15, 0.2) is 5.70 Å². The van der Waals surface area contributed by atoms with E-state index in [-0.39, 0.29) is 0 Å². The van der Waals surface area contributed by atoms with Crippen LogP contribution in [0.1, 0.15) is 21.8 Å². The Labute approximate surface area is 184 Å². The average molecular weight is 433 g/mol. The van der Waals surface area contributed by atoms with Crippen molar-refractivity contribution in [3.05, 3.63) is 82.1 Å². The van der Waals surface area contributed by atoms with Crippen molar-refractivity contribution in [3.63, 3.8) is 0 Å². The van der Waals surface area contributed by atoms with Crippen LogP contribution in [0.2, 0.25) is 0 Å². The number of benzene rings is 1. The minimum atomic E-state index is -3.91. The highest BCUT2D eigenvalue weighted by atomic mass is 32.1. The van der Waals surface area contributed by atoms with Gasteiger partial charge in [0.25, 0.3) is 0 Å². The average Bonchev–Trinajstić information content (AvgIpc) is 3.46. The maximum Gasteiger partial charge on any atom is 0.737 e. The quantitative estimate of drug-likeness (QED) is 0.460. The molecule has 1 aromatic carbocycles. The van der Waals surface area contributed by atoms with E-state index in [9.17, 15) is 0 Å².